The van der Waals surface area contributed by atoms with Crippen molar-refractivity contribution in [2.45, 2.75) is 52.0 Å². The van der Waals surface area contributed by atoms with Crippen LogP contribution in [0.1, 0.15) is 48.1 Å². The Morgan fingerprint density at radius 2 is 2.00 bits per heavy atom. The average Bonchev–Trinajstić information content (AvgIpc) is 3.22. The Bertz CT molecular complexity index is 1040. The lowest BCUT2D eigenvalue weighted by molar-refractivity contribution is -0.117. The first-order chi connectivity index (χ1) is 12.5. The van der Waals surface area contributed by atoms with Gasteiger partial charge in [0.2, 0.25) is 11.0 Å². The van der Waals surface area contributed by atoms with E-state index in [2.05, 4.69) is 25.8 Å². The summed E-state index contributed by atoms with van der Waals surface area (Å²) in [4.78, 5) is 27.0. The lowest BCUT2D eigenvalue weighted by Crippen LogP contribution is -2.30. The molecule has 0 saturated carbocycles. The molecule has 0 fully saturated rings. The molecule has 0 aliphatic heterocycles. The number of carbonyl (C=O) groups is 1. The number of hydrogen-bond donors (Lipinski definition) is 1. The fourth-order valence-corrected chi connectivity index (χ4v) is 4.98. The zero-order valence-electron chi connectivity index (χ0n) is 14.5. The summed E-state index contributed by atoms with van der Waals surface area (Å²) in [6.07, 6.45) is 4.11. The minimum absolute atomic E-state index is 0.191. The van der Waals surface area contributed by atoms with Crippen molar-refractivity contribution in [3.63, 3.8) is 0 Å². The number of nitrogens with one attached hydrogen (secondary N) is 1. The highest BCUT2D eigenvalue weighted by molar-refractivity contribution is 7.18. The van der Waals surface area contributed by atoms with Gasteiger partial charge in [-0.2, -0.15) is 0 Å². The largest absolute Gasteiger partial charge is 0.299 e. The number of nitrogens with zero attached hydrogens (tertiary/aromatic N) is 5. The summed E-state index contributed by atoms with van der Waals surface area (Å²) in [5.74, 6) is -0.116. The van der Waals surface area contributed by atoms with Gasteiger partial charge in [-0.05, 0) is 31.2 Å². The highest BCUT2D eigenvalue weighted by Crippen LogP contribution is 2.33. The lowest BCUT2D eigenvalue weighted by Gasteiger charge is -2.10. The molecule has 4 rings (SSSR count). The van der Waals surface area contributed by atoms with Crippen LogP contribution < -0.4 is 10.9 Å². The molecule has 1 amide bonds. The molecule has 3 aromatic heterocycles. The predicted molar refractivity (Wildman–Crippen MR) is 101 cm³/mol. The summed E-state index contributed by atoms with van der Waals surface area (Å²) in [5.41, 5.74) is 0.848. The van der Waals surface area contributed by atoms with Gasteiger partial charge in [0.15, 0.2) is 4.83 Å². The molecular formula is C16H18N6O2S2. The number of aromatic nitrogens is 5. The third-order valence-electron chi connectivity index (χ3n) is 4.32. The van der Waals surface area contributed by atoms with Crippen molar-refractivity contribution in [3.8, 4) is 0 Å². The Balaban J connectivity index is 1.57. The third-order valence-corrected chi connectivity index (χ3v) is 6.63. The van der Waals surface area contributed by atoms with Crippen molar-refractivity contribution < 1.29 is 4.79 Å². The predicted octanol–water partition coefficient (Wildman–Crippen LogP) is 2.35. The van der Waals surface area contributed by atoms with Crippen LogP contribution in [0.5, 0.6) is 0 Å². The Morgan fingerprint density at radius 3 is 2.77 bits per heavy atom. The molecule has 1 aliphatic carbocycles. The van der Waals surface area contributed by atoms with Gasteiger partial charge >= 0.3 is 0 Å². The van der Waals surface area contributed by atoms with Gasteiger partial charge in [-0.1, -0.05) is 30.4 Å². The van der Waals surface area contributed by atoms with Crippen molar-refractivity contribution in [3.05, 3.63) is 25.8 Å². The van der Waals surface area contributed by atoms with E-state index >= 15 is 0 Å². The fraction of sp³-hybridized carbons (Fsp3) is 0.500. The smallest absolute Gasteiger partial charge is 0.279 e. The molecule has 1 N–H and O–H groups in total. The first-order valence-corrected chi connectivity index (χ1v) is 10.2. The molecule has 0 atom stereocenters. The van der Waals surface area contributed by atoms with Crippen LogP contribution in [0.4, 0.5) is 5.13 Å². The molecule has 10 heteroatoms. The van der Waals surface area contributed by atoms with E-state index in [9.17, 15) is 9.59 Å². The summed E-state index contributed by atoms with van der Waals surface area (Å²) in [6, 6.07) is 0. The topological polar surface area (TPSA) is 103 Å². The Kier molecular flexibility index (Phi) is 4.53. The monoisotopic (exact) mass is 390 g/mol. The molecule has 0 spiro atoms. The van der Waals surface area contributed by atoms with Gasteiger partial charge in [0.25, 0.3) is 5.56 Å². The zero-order valence-corrected chi connectivity index (χ0v) is 16.1. The second-order valence-electron chi connectivity index (χ2n) is 6.59. The molecule has 26 heavy (non-hydrogen) atoms. The SMILES string of the molecule is CC(C)c1nnc(NC(=O)Cn2nnc3sc4c(c3c2=O)CCCC4)s1. The Hall–Kier alpha value is -2.20. The first-order valence-electron chi connectivity index (χ1n) is 8.54. The number of thiophene rings is 1. The quantitative estimate of drug-likeness (QED) is 0.733. The summed E-state index contributed by atoms with van der Waals surface area (Å²) >= 11 is 2.88. The summed E-state index contributed by atoms with van der Waals surface area (Å²) < 4.78 is 1.13. The van der Waals surface area contributed by atoms with Gasteiger partial charge in [0.05, 0.1) is 5.39 Å². The molecule has 0 saturated heterocycles. The minimum atomic E-state index is -0.365. The molecule has 1 aliphatic rings. The van der Waals surface area contributed by atoms with Gasteiger partial charge in [-0.3, -0.25) is 14.9 Å². The summed E-state index contributed by atoms with van der Waals surface area (Å²) in [5, 5.41) is 20.7. The Labute approximate surface area is 157 Å². The third kappa shape index (κ3) is 3.14. The summed E-state index contributed by atoms with van der Waals surface area (Å²) in [7, 11) is 0. The van der Waals surface area contributed by atoms with Gasteiger partial charge in [0, 0.05) is 10.8 Å². The van der Waals surface area contributed by atoms with Gasteiger partial charge in [0.1, 0.15) is 11.6 Å². The van der Waals surface area contributed by atoms with Crippen LogP contribution in [-0.2, 0) is 24.2 Å². The van der Waals surface area contributed by atoms with E-state index in [-0.39, 0.29) is 23.9 Å². The van der Waals surface area contributed by atoms with Crippen LogP contribution in [0.3, 0.4) is 0 Å². The van der Waals surface area contributed by atoms with Gasteiger partial charge in [-0.15, -0.1) is 26.6 Å². The van der Waals surface area contributed by atoms with Crippen molar-refractivity contribution >= 4 is 43.9 Å². The van der Waals surface area contributed by atoms with E-state index in [0.29, 0.717) is 15.3 Å². The standard InChI is InChI=1S/C16H18N6O2S2/c1-8(2)13-18-20-16(26-13)17-11(23)7-22-15(24)12-9-5-3-4-6-10(9)25-14(12)19-21-22/h8H,3-7H2,1-2H3,(H,17,20,23). The average molecular weight is 390 g/mol. The number of aryl methyl sites for hydroxylation is 2. The molecule has 3 aromatic rings. The zero-order chi connectivity index (χ0) is 18.3. The highest BCUT2D eigenvalue weighted by Gasteiger charge is 2.21. The second kappa shape index (κ2) is 6.84. The maximum atomic E-state index is 12.8. The van der Waals surface area contributed by atoms with Crippen molar-refractivity contribution in [1.29, 1.82) is 0 Å². The number of fused-ring (bicyclic) bond motifs is 3. The number of amides is 1. The summed E-state index contributed by atoms with van der Waals surface area (Å²) in [6.45, 7) is 3.83. The fourth-order valence-electron chi connectivity index (χ4n) is 3.02. The van der Waals surface area contributed by atoms with E-state index in [1.165, 1.54) is 16.2 Å². The molecule has 0 unspecified atom stereocenters. The maximum absolute atomic E-state index is 12.8. The maximum Gasteiger partial charge on any atom is 0.279 e. The molecular weight excluding hydrogens is 372 g/mol. The second-order valence-corrected chi connectivity index (χ2v) is 8.68. The lowest BCUT2D eigenvalue weighted by atomic mass is 9.97. The molecule has 136 valence electrons. The van der Waals surface area contributed by atoms with E-state index in [1.807, 2.05) is 13.8 Å². The van der Waals surface area contributed by atoms with Crippen LogP contribution in [0.2, 0.25) is 0 Å². The van der Waals surface area contributed by atoms with Crippen LogP contribution in [0.25, 0.3) is 10.2 Å². The minimum Gasteiger partial charge on any atom is -0.299 e. The van der Waals surface area contributed by atoms with E-state index in [4.69, 9.17) is 0 Å². The van der Waals surface area contributed by atoms with Crippen LogP contribution >= 0.6 is 22.7 Å². The normalized spacial score (nSPS) is 14.0. The van der Waals surface area contributed by atoms with Crippen LogP contribution in [0, 0.1) is 0 Å². The van der Waals surface area contributed by atoms with Crippen molar-refractivity contribution in [1.82, 2.24) is 25.2 Å². The first kappa shape index (κ1) is 17.2. The number of rotatable bonds is 4. The number of anilines is 1. The number of carbonyl (C=O) groups excluding carboxylic acids is 1. The number of hydrogen-bond acceptors (Lipinski definition) is 8. The molecule has 8 nitrogen and oxygen atoms in total. The molecule has 0 radical (unpaired) electrons. The molecule has 0 bridgehead atoms. The van der Waals surface area contributed by atoms with Crippen molar-refractivity contribution in [2.24, 2.45) is 0 Å². The van der Waals surface area contributed by atoms with Gasteiger partial charge < -0.3 is 0 Å². The highest BCUT2D eigenvalue weighted by atomic mass is 32.1. The van der Waals surface area contributed by atoms with Crippen LogP contribution in [-0.4, -0.2) is 31.1 Å². The van der Waals surface area contributed by atoms with Crippen molar-refractivity contribution in [2.75, 3.05) is 5.32 Å². The van der Waals surface area contributed by atoms with Crippen LogP contribution in [0.15, 0.2) is 4.79 Å². The Morgan fingerprint density at radius 1 is 1.19 bits per heavy atom. The molecule has 3 heterocycles. The van der Waals surface area contributed by atoms with E-state index in [1.54, 1.807) is 11.3 Å². The van der Waals surface area contributed by atoms with Gasteiger partial charge in [-0.25, -0.2) is 4.68 Å². The van der Waals surface area contributed by atoms with E-state index in [0.717, 1.165) is 40.9 Å². The molecule has 0 aromatic carbocycles. The van der Waals surface area contributed by atoms with E-state index < -0.39 is 0 Å².